The lowest BCUT2D eigenvalue weighted by Crippen LogP contribution is -2.47. The van der Waals surface area contributed by atoms with E-state index in [1.165, 1.54) is 19.4 Å². The van der Waals surface area contributed by atoms with Crippen LogP contribution >= 0.6 is 0 Å². The van der Waals surface area contributed by atoms with Crippen molar-refractivity contribution in [1.29, 1.82) is 0 Å². The predicted molar refractivity (Wildman–Crippen MR) is 127 cm³/mol. The second kappa shape index (κ2) is 8.50. The molecule has 2 heterocycles. The Hall–Kier alpha value is -2.41. The molecule has 2 aromatic rings. The van der Waals surface area contributed by atoms with Crippen LogP contribution in [0.5, 0.6) is 0 Å². The lowest BCUT2D eigenvalue weighted by Gasteiger charge is -2.35. The highest BCUT2D eigenvalue weighted by molar-refractivity contribution is 5.77. The van der Waals surface area contributed by atoms with Crippen LogP contribution in [0.15, 0.2) is 30.3 Å². The van der Waals surface area contributed by atoms with Crippen LogP contribution in [0.25, 0.3) is 11.3 Å². The second-order valence-corrected chi connectivity index (χ2v) is 9.62. The zero-order valence-electron chi connectivity index (χ0n) is 19.0. The first-order chi connectivity index (χ1) is 15.4. The molecule has 1 aromatic carbocycles. The van der Waals surface area contributed by atoms with Crippen molar-refractivity contribution in [3.05, 3.63) is 35.9 Å². The van der Waals surface area contributed by atoms with Crippen molar-refractivity contribution in [3.63, 3.8) is 0 Å². The average molecular weight is 442 g/mol. The van der Waals surface area contributed by atoms with E-state index >= 15 is 0 Å². The molecular formula is C25H33F2N5. The second-order valence-electron chi connectivity index (χ2n) is 9.62. The van der Waals surface area contributed by atoms with Gasteiger partial charge < -0.3 is 15.5 Å². The molecule has 5 nitrogen and oxygen atoms in total. The molecule has 1 aromatic heterocycles. The van der Waals surface area contributed by atoms with Crippen LogP contribution in [0.3, 0.4) is 0 Å². The van der Waals surface area contributed by atoms with E-state index in [4.69, 9.17) is 4.98 Å². The summed E-state index contributed by atoms with van der Waals surface area (Å²) in [6.07, 6.45) is 2.79. The monoisotopic (exact) mass is 441 g/mol. The van der Waals surface area contributed by atoms with Crippen LogP contribution in [0, 0.1) is 18.8 Å². The quantitative estimate of drug-likeness (QED) is 0.622. The summed E-state index contributed by atoms with van der Waals surface area (Å²) in [6.45, 7) is 7.86. The van der Waals surface area contributed by atoms with Crippen molar-refractivity contribution < 1.29 is 8.78 Å². The first-order valence-electron chi connectivity index (χ1n) is 11.8. The maximum Gasteiger partial charge on any atom is 0.253 e. The Morgan fingerprint density at radius 1 is 1.06 bits per heavy atom. The van der Waals surface area contributed by atoms with Gasteiger partial charge in [-0.2, -0.15) is 0 Å². The third-order valence-electron chi connectivity index (χ3n) is 7.05. The third-order valence-corrected chi connectivity index (χ3v) is 7.05. The summed E-state index contributed by atoms with van der Waals surface area (Å²) in [7, 11) is 1.86. The fourth-order valence-electron chi connectivity index (χ4n) is 4.59. The highest BCUT2D eigenvalue weighted by Gasteiger charge is 2.56. The number of hydrogen-bond acceptors (Lipinski definition) is 5. The van der Waals surface area contributed by atoms with Crippen molar-refractivity contribution in [2.45, 2.75) is 32.1 Å². The number of aromatic nitrogens is 1. The number of nitrogens with zero attached hydrogens (tertiary/aromatic N) is 3. The van der Waals surface area contributed by atoms with Gasteiger partial charge in [0.2, 0.25) is 0 Å². The number of nitrogens with one attached hydrogen (secondary N) is 2. The molecule has 1 unspecified atom stereocenters. The van der Waals surface area contributed by atoms with E-state index < -0.39 is 11.8 Å². The molecule has 5 rings (SSSR count). The van der Waals surface area contributed by atoms with Crippen molar-refractivity contribution in [2.24, 2.45) is 11.8 Å². The predicted octanol–water partition coefficient (Wildman–Crippen LogP) is 4.70. The van der Waals surface area contributed by atoms with Gasteiger partial charge in [0.15, 0.2) is 0 Å². The Balaban J connectivity index is 1.29. The molecule has 0 spiro atoms. The Morgan fingerprint density at radius 3 is 2.47 bits per heavy atom. The molecule has 1 aliphatic heterocycles. The SMILES string of the molecule is CNc1cc(-c2nc(N3CCN(CC4CC4)CC3)ccc2C)ccc1NCC1CC1(F)F. The minimum atomic E-state index is -2.50. The lowest BCUT2D eigenvalue weighted by molar-refractivity contribution is 0.101. The molecule has 172 valence electrons. The summed E-state index contributed by atoms with van der Waals surface area (Å²) in [4.78, 5) is 10.0. The molecule has 2 N–H and O–H groups in total. The zero-order valence-corrected chi connectivity index (χ0v) is 19.0. The summed E-state index contributed by atoms with van der Waals surface area (Å²) < 4.78 is 26.4. The molecule has 2 aliphatic carbocycles. The maximum atomic E-state index is 13.2. The number of anilines is 3. The van der Waals surface area contributed by atoms with Gasteiger partial charge in [0, 0.05) is 64.2 Å². The summed E-state index contributed by atoms with van der Waals surface area (Å²) >= 11 is 0. The first kappa shape index (κ1) is 21.4. The molecule has 3 aliphatic rings. The maximum absolute atomic E-state index is 13.2. The fourth-order valence-corrected chi connectivity index (χ4v) is 4.59. The van der Waals surface area contributed by atoms with Gasteiger partial charge in [0.25, 0.3) is 5.92 Å². The Morgan fingerprint density at radius 2 is 1.81 bits per heavy atom. The van der Waals surface area contributed by atoms with Gasteiger partial charge in [-0.1, -0.05) is 12.1 Å². The standard InChI is InChI=1S/C25H33F2N5/c1-17-3-8-23(32-11-9-31(10-12-32)16-18-4-5-18)30-24(17)19-6-7-21(22(13-19)28-2)29-15-20-14-25(20,26)27/h3,6-8,13,18,20,28-29H,4-5,9-12,14-16H2,1-2H3. The Labute approximate surface area is 189 Å². The lowest BCUT2D eigenvalue weighted by atomic mass is 10.0. The van der Waals surface area contributed by atoms with Gasteiger partial charge in [0.05, 0.1) is 17.1 Å². The van der Waals surface area contributed by atoms with E-state index in [0.29, 0.717) is 6.54 Å². The van der Waals surface area contributed by atoms with Crippen molar-refractivity contribution in [2.75, 3.05) is 61.8 Å². The van der Waals surface area contributed by atoms with Gasteiger partial charge in [-0.25, -0.2) is 13.8 Å². The Bertz CT molecular complexity index is 967. The van der Waals surface area contributed by atoms with E-state index in [1.54, 1.807) is 0 Å². The van der Waals surface area contributed by atoms with E-state index in [2.05, 4.69) is 45.6 Å². The molecule has 32 heavy (non-hydrogen) atoms. The summed E-state index contributed by atoms with van der Waals surface area (Å²) in [5.74, 6) is -1.10. The molecule has 1 saturated heterocycles. The van der Waals surface area contributed by atoms with E-state index in [9.17, 15) is 8.78 Å². The number of benzene rings is 1. The van der Waals surface area contributed by atoms with E-state index in [0.717, 1.165) is 66.1 Å². The van der Waals surface area contributed by atoms with E-state index in [1.807, 2.05) is 19.2 Å². The molecule has 0 radical (unpaired) electrons. The van der Waals surface area contributed by atoms with Gasteiger partial charge in [-0.3, -0.25) is 4.90 Å². The third kappa shape index (κ3) is 4.68. The molecule has 7 heteroatoms. The number of hydrogen-bond donors (Lipinski definition) is 2. The van der Waals surface area contributed by atoms with Crippen LogP contribution in [-0.4, -0.2) is 62.1 Å². The van der Waals surface area contributed by atoms with Crippen LogP contribution in [-0.2, 0) is 0 Å². The van der Waals surface area contributed by atoms with Crippen molar-refractivity contribution in [3.8, 4) is 11.3 Å². The van der Waals surface area contributed by atoms with Gasteiger partial charge in [-0.15, -0.1) is 0 Å². The molecule has 1 atom stereocenters. The number of rotatable bonds is 8. The van der Waals surface area contributed by atoms with Gasteiger partial charge in [-0.05, 0) is 49.4 Å². The average Bonchev–Trinajstić information content (AvgIpc) is 3.71. The van der Waals surface area contributed by atoms with E-state index in [-0.39, 0.29) is 6.42 Å². The normalized spacial score (nSPS) is 22.6. The zero-order chi connectivity index (χ0) is 22.3. The smallest absolute Gasteiger partial charge is 0.253 e. The minimum absolute atomic E-state index is 0.0162. The number of alkyl halides is 2. The highest BCUT2D eigenvalue weighted by Crippen LogP contribution is 2.48. The highest BCUT2D eigenvalue weighted by atomic mass is 19.3. The minimum Gasteiger partial charge on any atom is -0.386 e. The number of halogens is 2. The molecule has 2 saturated carbocycles. The molecule has 0 bridgehead atoms. The Kier molecular flexibility index (Phi) is 5.70. The van der Waals surface area contributed by atoms with Gasteiger partial charge >= 0.3 is 0 Å². The summed E-state index contributed by atoms with van der Waals surface area (Å²) in [5.41, 5.74) is 4.87. The topological polar surface area (TPSA) is 43.4 Å². The van der Waals surface area contributed by atoms with Crippen molar-refractivity contribution in [1.82, 2.24) is 9.88 Å². The van der Waals surface area contributed by atoms with Gasteiger partial charge in [0.1, 0.15) is 5.82 Å². The first-order valence-corrected chi connectivity index (χ1v) is 11.8. The van der Waals surface area contributed by atoms with Crippen LogP contribution in [0.4, 0.5) is 26.0 Å². The van der Waals surface area contributed by atoms with Crippen LogP contribution < -0.4 is 15.5 Å². The van der Waals surface area contributed by atoms with Crippen molar-refractivity contribution >= 4 is 17.2 Å². The molecule has 0 amide bonds. The van der Waals surface area contributed by atoms with Crippen LogP contribution in [0.2, 0.25) is 0 Å². The van der Waals surface area contributed by atoms with Crippen LogP contribution in [0.1, 0.15) is 24.8 Å². The fraction of sp³-hybridized carbons (Fsp3) is 0.560. The number of aryl methyl sites for hydroxylation is 1. The molecular weight excluding hydrogens is 408 g/mol. The largest absolute Gasteiger partial charge is 0.386 e. The summed E-state index contributed by atoms with van der Waals surface area (Å²) in [6, 6.07) is 10.3. The number of piperazine rings is 1. The number of pyridine rings is 1. The molecule has 3 fully saturated rings. The summed E-state index contributed by atoms with van der Waals surface area (Å²) in [5, 5.41) is 6.38.